The van der Waals surface area contributed by atoms with E-state index < -0.39 is 0 Å². The topological polar surface area (TPSA) is 29.9 Å². The largest absolute Gasteiger partial charge is 0.317 e. The first-order valence-electron chi connectivity index (χ1n) is 6.52. The van der Waals surface area contributed by atoms with E-state index in [0.717, 1.165) is 30.5 Å². The van der Waals surface area contributed by atoms with Crippen molar-refractivity contribution in [1.82, 2.24) is 15.1 Å². The van der Waals surface area contributed by atoms with Gasteiger partial charge in [0.2, 0.25) is 0 Å². The Labute approximate surface area is 112 Å². The predicted octanol–water partition coefficient (Wildman–Crippen LogP) is 2.67. The van der Waals surface area contributed by atoms with E-state index in [1.165, 1.54) is 29.6 Å². The molecule has 0 spiro atoms. The number of rotatable bonds is 5. The smallest absolute Gasteiger partial charge is 0.0738 e. The van der Waals surface area contributed by atoms with Crippen LogP contribution in [-0.2, 0) is 13.5 Å². The number of hydrogen-bond acceptors (Lipinski definition) is 2. The Morgan fingerprint density at radius 3 is 2.59 bits per heavy atom. The fourth-order valence-electron chi connectivity index (χ4n) is 2.66. The van der Waals surface area contributed by atoms with Gasteiger partial charge in [-0.05, 0) is 67.0 Å². The van der Waals surface area contributed by atoms with Crippen molar-refractivity contribution in [3.8, 4) is 0 Å². The van der Waals surface area contributed by atoms with Gasteiger partial charge < -0.3 is 5.32 Å². The molecule has 0 aromatic carbocycles. The van der Waals surface area contributed by atoms with Crippen LogP contribution in [0.15, 0.2) is 4.47 Å². The highest BCUT2D eigenvalue weighted by atomic mass is 79.9. The van der Waals surface area contributed by atoms with Crippen molar-refractivity contribution >= 4 is 15.9 Å². The molecule has 2 atom stereocenters. The van der Waals surface area contributed by atoms with Crippen molar-refractivity contribution in [2.45, 2.75) is 33.1 Å². The number of halogens is 1. The molecule has 17 heavy (non-hydrogen) atoms. The highest BCUT2D eigenvalue weighted by molar-refractivity contribution is 9.10. The van der Waals surface area contributed by atoms with E-state index >= 15 is 0 Å². The molecular formula is C13H22BrN3. The molecule has 1 aromatic heterocycles. The van der Waals surface area contributed by atoms with E-state index in [4.69, 9.17) is 0 Å². The minimum Gasteiger partial charge on any atom is -0.317 e. The fraction of sp³-hybridized carbons (Fsp3) is 0.769. The molecule has 0 amide bonds. The number of aromatic nitrogens is 2. The van der Waals surface area contributed by atoms with E-state index in [9.17, 15) is 0 Å². The third kappa shape index (κ3) is 2.74. The Morgan fingerprint density at radius 2 is 2.12 bits per heavy atom. The summed E-state index contributed by atoms with van der Waals surface area (Å²) in [6.45, 7) is 6.49. The Bertz CT molecular complexity index is 386. The van der Waals surface area contributed by atoms with Crippen molar-refractivity contribution in [2.24, 2.45) is 18.9 Å². The Kier molecular flexibility index (Phi) is 4.26. The van der Waals surface area contributed by atoms with E-state index in [1.54, 1.807) is 0 Å². The molecule has 1 fully saturated rings. The molecule has 1 aliphatic rings. The van der Waals surface area contributed by atoms with Gasteiger partial charge in [0.1, 0.15) is 0 Å². The lowest BCUT2D eigenvalue weighted by Gasteiger charge is -2.37. The van der Waals surface area contributed by atoms with Crippen molar-refractivity contribution in [3.63, 3.8) is 0 Å². The van der Waals surface area contributed by atoms with Crippen LogP contribution < -0.4 is 5.32 Å². The minimum absolute atomic E-state index is 0.833. The molecule has 1 heterocycles. The van der Waals surface area contributed by atoms with E-state index in [2.05, 4.69) is 40.2 Å². The lowest BCUT2D eigenvalue weighted by molar-refractivity contribution is 0.169. The van der Waals surface area contributed by atoms with Crippen LogP contribution in [-0.4, -0.2) is 22.9 Å². The summed E-state index contributed by atoms with van der Waals surface area (Å²) < 4.78 is 3.23. The van der Waals surface area contributed by atoms with Crippen LogP contribution in [0.3, 0.4) is 0 Å². The number of hydrogen-bond donors (Lipinski definition) is 1. The molecule has 3 nitrogen and oxygen atoms in total. The summed E-state index contributed by atoms with van der Waals surface area (Å²) >= 11 is 3.66. The normalized spacial score (nSPS) is 23.8. The summed E-state index contributed by atoms with van der Waals surface area (Å²) in [6.07, 6.45) is 3.91. The van der Waals surface area contributed by atoms with Crippen LogP contribution in [0.2, 0.25) is 0 Å². The molecule has 0 bridgehead atoms. The molecule has 1 aromatic rings. The standard InChI is InChI=1S/C13H22BrN3/c1-4-15-8-11-6-5-10(11)7-12-13(14)9(2)16-17(12)3/h10-11,15H,4-8H2,1-3H3. The molecule has 96 valence electrons. The zero-order valence-corrected chi connectivity index (χ0v) is 12.5. The molecule has 1 saturated carbocycles. The number of nitrogens with one attached hydrogen (secondary N) is 1. The second kappa shape index (κ2) is 5.53. The summed E-state index contributed by atoms with van der Waals surface area (Å²) in [5, 5.41) is 7.93. The molecule has 4 heteroatoms. The van der Waals surface area contributed by atoms with Gasteiger partial charge in [0, 0.05) is 7.05 Å². The Balaban J connectivity index is 1.96. The molecule has 2 rings (SSSR count). The second-order valence-corrected chi connectivity index (χ2v) is 5.87. The van der Waals surface area contributed by atoms with Gasteiger partial charge in [-0.2, -0.15) is 5.10 Å². The van der Waals surface area contributed by atoms with Gasteiger partial charge in [-0.3, -0.25) is 4.68 Å². The molecule has 0 saturated heterocycles. The van der Waals surface area contributed by atoms with Crippen LogP contribution in [0.4, 0.5) is 0 Å². The molecule has 0 radical (unpaired) electrons. The average Bonchev–Trinajstić information content (AvgIpc) is 2.50. The highest BCUT2D eigenvalue weighted by Crippen LogP contribution is 2.37. The summed E-state index contributed by atoms with van der Waals surface area (Å²) in [5.41, 5.74) is 2.46. The minimum atomic E-state index is 0.833. The molecular weight excluding hydrogens is 278 g/mol. The van der Waals surface area contributed by atoms with Crippen LogP contribution >= 0.6 is 15.9 Å². The first-order valence-corrected chi connectivity index (χ1v) is 7.31. The predicted molar refractivity (Wildman–Crippen MR) is 74.1 cm³/mol. The average molecular weight is 300 g/mol. The van der Waals surface area contributed by atoms with Crippen LogP contribution in [0.5, 0.6) is 0 Å². The highest BCUT2D eigenvalue weighted by Gasteiger charge is 2.31. The van der Waals surface area contributed by atoms with E-state index in [1.807, 2.05) is 11.7 Å². The molecule has 1 N–H and O–H groups in total. The third-order valence-corrected chi connectivity index (χ3v) is 4.98. The summed E-state index contributed by atoms with van der Waals surface area (Å²) in [7, 11) is 2.05. The number of aryl methyl sites for hydroxylation is 2. The molecule has 1 aliphatic carbocycles. The van der Waals surface area contributed by atoms with Gasteiger partial charge >= 0.3 is 0 Å². The van der Waals surface area contributed by atoms with Gasteiger partial charge in [0.05, 0.1) is 15.9 Å². The summed E-state index contributed by atoms with van der Waals surface area (Å²) in [6, 6.07) is 0. The molecule has 2 unspecified atom stereocenters. The second-order valence-electron chi connectivity index (χ2n) is 5.08. The van der Waals surface area contributed by atoms with Crippen molar-refractivity contribution in [3.05, 3.63) is 15.9 Å². The maximum absolute atomic E-state index is 4.46. The molecule has 0 aliphatic heterocycles. The van der Waals surface area contributed by atoms with Crippen molar-refractivity contribution in [2.75, 3.05) is 13.1 Å². The van der Waals surface area contributed by atoms with Gasteiger partial charge in [0.15, 0.2) is 0 Å². The third-order valence-electron chi connectivity index (χ3n) is 3.95. The van der Waals surface area contributed by atoms with Gasteiger partial charge in [0.25, 0.3) is 0 Å². The zero-order valence-electron chi connectivity index (χ0n) is 11.0. The lowest BCUT2D eigenvalue weighted by atomic mass is 9.71. The van der Waals surface area contributed by atoms with E-state index in [0.29, 0.717) is 0 Å². The monoisotopic (exact) mass is 299 g/mol. The SMILES string of the molecule is CCNCC1CCC1Cc1c(Br)c(C)nn1C. The Hall–Kier alpha value is -0.350. The first-order chi connectivity index (χ1) is 8.13. The first kappa shape index (κ1) is 13.1. The van der Waals surface area contributed by atoms with Crippen LogP contribution in [0, 0.1) is 18.8 Å². The Morgan fingerprint density at radius 1 is 1.41 bits per heavy atom. The maximum Gasteiger partial charge on any atom is 0.0738 e. The quantitative estimate of drug-likeness (QED) is 0.906. The summed E-state index contributed by atoms with van der Waals surface area (Å²) in [5.74, 6) is 1.69. The van der Waals surface area contributed by atoms with Crippen LogP contribution in [0.25, 0.3) is 0 Å². The fourth-order valence-corrected chi connectivity index (χ4v) is 3.15. The van der Waals surface area contributed by atoms with Crippen LogP contribution in [0.1, 0.15) is 31.2 Å². The number of nitrogens with zero attached hydrogens (tertiary/aromatic N) is 2. The zero-order chi connectivity index (χ0) is 12.4. The van der Waals surface area contributed by atoms with Gasteiger partial charge in [-0.25, -0.2) is 0 Å². The van der Waals surface area contributed by atoms with Gasteiger partial charge in [-0.15, -0.1) is 0 Å². The summed E-state index contributed by atoms with van der Waals surface area (Å²) in [4.78, 5) is 0. The van der Waals surface area contributed by atoms with Crippen molar-refractivity contribution < 1.29 is 0 Å². The lowest BCUT2D eigenvalue weighted by Crippen LogP contribution is -2.36. The van der Waals surface area contributed by atoms with Gasteiger partial charge in [-0.1, -0.05) is 6.92 Å². The maximum atomic E-state index is 4.46. The van der Waals surface area contributed by atoms with E-state index in [-0.39, 0.29) is 0 Å². The van der Waals surface area contributed by atoms with Crippen molar-refractivity contribution in [1.29, 1.82) is 0 Å².